The van der Waals surface area contributed by atoms with Crippen LogP contribution in [-0.2, 0) is 14.3 Å². The van der Waals surface area contributed by atoms with Crippen LogP contribution >= 0.6 is 0 Å². The minimum Gasteiger partial charge on any atom is -0.385 e. The van der Waals surface area contributed by atoms with E-state index in [1.165, 1.54) is 0 Å². The van der Waals surface area contributed by atoms with E-state index >= 15 is 0 Å². The summed E-state index contributed by atoms with van der Waals surface area (Å²) in [6.45, 7) is 5.16. The Bertz CT molecular complexity index is 1080. The van der Waals surface area contributed by atoms with Crippen LogP contribution in [0, 0.1) is 13.8 Å². The predicted molar refractivity (Wildman–Crippen MR) is 130 cm³/mol. The maximum atomic E-state index is 12.8. The van der Waals surface area contributed by atoms with E-state index in [9.17, 15) is 9.59 Å². The van der Waals surface area contributed by atoms with E-state index in [-0.39, 0.29) is 18.2 Å². The second-order valence-electron chi connectivity index (χ2n) is 8.02. The molecule has 1 heterocycles. The number of rotatable bonds is 11. The molecule has 2 aromatic carbocycles. The molecule has 33 heavy (non-hydrogen) atoms. The molecule has 0 saturated heterocycles. The molecular formula is C26H32N4O3. The van der Waals surface area contributed by atoms with Crippen molar-refractivity contribution in [2.24, 2.45) is 0 Å². The molecule has 7 nitrogen and oxygen atoms in total. The summed E-state index contributed by atoms with van der Waals surface area (Å²) in [5.41, 5.74) is 4.69. The van der Waals surface area contributed by atoms with Gasteiger partial charge in [-0.15, -0.1) is 0 Å². The molecule has 0 spiro atoms. The van der Waals surface area contributed by atoms with Crippen LogP contribution in [0.1, 0.15) is 36.9 Å². The van der Waals surface area contributed by atoms with Crippen molar-refractivity contribution in [1.29, 1.82) is 0 Å². The highest BCUT2D eigenvalue weighted by molar-refractivity contribution is 5.95. The molecule has 0 saturated carbocycles. The lowest BCUT2D eigenvalue weighted by atomic mass is 10.1. The molecule has 2 amide bonds. The Morgan fingerprint density at radius 2 is 1.73 bits per heavy atom. The van der Waals surface area contributed by atoms with Gasteiger partial charge in [0.1, 0.15) is 5.82 Å². The van der Waals surface area contributed by atoms with Gasteiger partial charge in [-0.1, -0.05) is 42.5 Å². The molecule has 1 aromatic heterocycles. The standard InChI is InChI=1S/C26H32N4O3/c1-19-10-7-13-22(18-19)30-26(25(20(2)29-30)21-11-5-4-6-12-21)28-24(32)15-8-14-23(31)27-16-9-17-33-3/h4-7,10-13,18H,8-9,14-17H2,1-3H3,(H,27,31)(H,28,32). The van der Waals surface area contributed by atoms with Gasteiger partial charge in [0.05, 0.1) is 11.4 Å². The van der Waals surface area contributed by atoms with E-state index in [0.717, 1.165) is 34.5 Å². The number of ether oxygens (including phenoxy) is 1. The molecule has 0 aliphatic carbocycles. The first-order valence-electron chi connectivity index (χ1n) is 11.3. The Kier molecular flexibility index (Phi) is 8.78. The molecule has 0 atom stereocenters. The van der Waals surface area contributed by atoms with Crippen molar-refractivity contribution in [2.75, 3.05) is 25.6 Å². The summed E-state index contributed by atoms with van der Waals surface area (Å²) in [6, 6.07) is 17.9. The number of hydrogen-bond donors (Lipinski definition) is 2. The first-order valence-corrected chi connectivity index (χ1v) is 11.3. The van der Waals surface area contributed by atoms with Crippen molar-refractivity contribution in [3.63, 3.8) is 0 Å². The van der Waals surface area contributed by atoms with Gasteiger partial charge >= 0.3 is 0 Å². The molecule has 3 aromatic rings. The Balaban J connectivity index is 1.74. The van der Waals surface area contributed by atoms with E-state index in [0.29, 0.717) is 31.8 Å². The lowest BCUT2D eigenvalue weighted by Crippen LogP contribution is -2.25. The summed E-state index contributed by atoms with van der Waals surface area (Å²) in [4.78, 5) is 24.8. The van der Waals surface area contributed by atoms with Gasteiger partial charge in [0.2, 0.25) is 11.8 Å². The zero-order valence-corrected chi connectivity index (χ0v) is 19.6. The van der Waals surface area contributed by atoms with Crippen LogP contribution in [0.2, 0.25) is 0 Å². The summed E-state index contributed by atoms with van der Waals surface area (Å²) in [7, 11) is 1.63. The molecule has 7 heteroatoms. The van der Waals surface area contributed by atoms with Gasteiger partial charge in [0, 0.05) is 38.7 Å². The minimum atomic E-state index is -0.145. The second-order valence-corrected chi connectivity index (χ2v) is 8.02. The van der Waals surface area contributed by atoms with Crippen LogP contribution in [-0.4, -0.2) is 41.9 Å². The van der Waals surface area contributed by atoms with E-state index in [4.69, 9.17) is 9.84 Å². The number of carbonyl (C=O) groups excluding carboxylic acids is 2. The molecule has 0 unspecified atom stereocenters. The van der Waals surface area contributed by atoms with Crippen molar-refractivity contribution >= 4 is 17.6 Å². The largest absolute Gasteiger partial charge is 0.385 e. The number of methoxy groups -OCH3 is 1. The highest BCUT2D eigenvalue weighted by Gasteiger charge is 2.20. The fourth-order valence-electron chi connectivity index (χ4n) is 3.68. The van der Waals surface area contributed by atoms with Crippen molar-refractivity contribution in [3.05, 3.63) is 65.9 Å². The predicted octanol–water partition coefficient (Wildman–Crippen LogP) is 4.42. The molecule has 0 radical (unpaired) electrons. The summed E-state index contributed by atoms with van der Waals surface area (Å²) in [5, 5.41) is 10.6. The number of benzene rings is 2. The molecule has 0 fully saturated rings. The molecule has 174 valence electrons. The van der Waals surface area contributed by atoms with Gasteiger partial charge < -0.3 is 15.4 Å². The number of aryl methyl sites for hydroxylation is 2. The third kappa shape index (κ3) is 6.76. The fraction of sp³-hybridized carbons (Fsp3) is 0.346. The third-order valence-electron chi connectivity index (χ3n) is 5.28. The van der Waals surface area contributed by atoms with Crippen LogP contribution in [0.25, 0.3) is 16.8 Å². The van der Waals surface area contributed by atoms with E-state index in [1.807, 2.05) is 68.4 Å². The summed E-state index contributed by atoms with van der Waals surface area (Å²) in [5.74, 6) is 0.441. The lowest BCUT2D eigenvalue weighted by Gasteiger charge is -2.12. The SMILES string of the molecule is COCCCNC(=O)CCCC(=O)Nc1c(-c2ccccc2)c(C)nn1-c1cccc(C)c1. The second kappa shape index (κ2) is 12.0. The average molecular weight is 449 g/mol. The maximum absolute atomic E-state index is 12.8. The topological polar surface area (TPSA) is 85.2 Å². The van der Waals surface area contributed by atoms with Crippen LogP contribution in [0.15, 0.2) is 54.6 Å². The van der Waals surface area contributed by atoms with Gasteiger partial charge in [-0.25, -0.2) is 4.68 Å². The van der Waals surface area contributed by atoms with Crippen molar-refractivity contribution in [3.8, 4) is 16.8 Å². The van der Waals surface area contributed by atoms with E-state index in [2.05, 4.69) is 10.6 Å². The van der Waals surface area contributed by atoms with E-state index < -0.39 is 0 Å². The molecular weight excluding hydrogens is 416 g/mol. The quantitative estimate of drug-likeness (QED) is 0.425. The lowest BCUT2D eigenvalue weighted by molar-refractivity contribution is -0.121. The van der Waals surface area contributed by atoms with Crippen LogP contribution in [0.5, 0.6) is 0 Å². The number of aromatic nitrogens is 2. The Morgan fingerprint density at radius 3 is 2.45 bits per heavy atom. The molecule has 0 aliphatic rings. The smallest absolute Gasteiger partial charge is 0.225 e. The number of anilines is 1. The Hall–Kier alpha value is -3.45. The minimum absolute atomic E-state index is 0.0514. The van der Waals surface area contributed by atoms with Gasteiger partial charge in [-0.2, -0.15) is 5.10 Å². The third-order valence-corrected chi connectivity index (χ3v) is 5.28. The molecule has 0 bridgehead atoms. The average Bonchev–Trinajstić information content (AvgIpc) is 3.13. The van der Waals surface area contributed by atoms with Gasteiger partial charge in [-0.3, -0.25) is 9.59 Å². The summed E-state index contributed by atoms with van der Waals surface area (Å²) >= 11 is 0. The maximum Gasteiger partial charge on any atom is 0.225 e. The number of hydrogen-bond acceptors (Lipinski definition) is 4. The van der Waals surface area contributed by atoms with Crippen molar-refractivity contribution in [1.82, 2.24) is 15.1 Å². The summed E-state index contributed by atoms with van der Waals surface area (Å²) < 4.78 is 6.76. The van der Waals surface area contributed by atoms with Crippen molar-refractivity contribution in [2.45, 2.75) is 39.5 Å². The number of nitrogens with one attached hydrogen (secondary N) is 2. The Morgan fingerprint density at radius 1 is 0.970 bits per heavy atom. The van der Waals surface area contributed by atoms with Crippen LogP contribution < -0.4 is 10.6 Å². The molecule has 3 rings (SSSR count). The van der Waals surface area contributed by atoms with Gasteiger partial charge in [0.25, 0.3) is 0 Å². The monoisotopic (exact) mass is 448 g/mol. The normalized spacial score (nSPS) is 10.8. The van der Waals surface area contributed by atoms with E-state index in [1.54, 1.807) is 11.8 Å². The van der Waals surface area contributed by atoms with Crippen LogP contribution in [0.4, 0.5) is 5.82 Å². The van der Waals surface area contributed by atoms with Crippen molar-refractivity contribution < 1.29 is 14.3 Å². The number of nitrogens with zero attached hydrogens (tertiary/aromatic N) is 2. The molecule has 0 aliphatic heterocycles. The highest BCUT2D eigenvalue weighted by atomic mass is 16.5. The zero-order valence-electron chi connectivity index (χ0n) is 19.6. The number of carbonyl (C=O) groups is 2. The highest BCUT2D eigenvalue weighted by Crippen LogP contribution is 2.33. The number of amides is 2. The van der Waals surface area contributed by atoms with Gasteiger partial charge in [0.15, 0.2) is 0 Å². The van der Waals surface area contributed by atoms with Gasteiger partial charge in [-0.05, 0) is 49.9 Å². The summed E-state index contributed by atoms with van der Waals surface area (Å²) in [6.07, 6.45) is 1.80. The zero-order chi connectivity index (χ0) is 23.6. The Labute approximate surface area is 195 Å². The first kappa shape index (κ1) is 24.2. The first-order chi connectivity index (χ1) is 16.0. The fourth-order valence-corrected chi connectivity index (χ4v) is 3.68. The molecule has 2 N–H and O–H groups in total. The van der Waals surface area contributed by atoms with Crippen LogP contribution in [0.3, 0.4) is 0 Å².